The molecule has 0 aliphatic heterocycles. The van der Waals surface area contributed by atoms with Gasteiger partial charge in [-0.3, -0.25) is 0 Å². The third kappa shape index (κ3) is 7.25. The van der Waals surface area contributed by atoms with E-state index in [2.05, 4.69) is 20.3 Å². The van der Waals surface area contributed by atoms with Crippen LogP contribution in [0.2, 0.25) is 0 Å². The van der Waals surface area contributed by atoms with E-state index in [1.165, 1.54) is 19.2 Å². The van der Waals surface area contributed by atoms with Gasteiger partial charge < -0.3 is 9.64 Å². The molecule has 2 rings (SSSR count). The highest BCUT2D eigenvalue weighted by molar-refractivity contribution is 9.10. The Balaban J connectivity index is 2.33. The molecule has 0 radical (unpaired) electrons. The maximum atomic E-state index is 13.4. The summed E-state index contributed by atoms with van der Waals surface area (Å²) in [5, 5.41) is 0. The van der Waals surface area contributed by atoms with Crippen molar-refractivity contribution in [1.29, 1.82) is 0 Å². The van der Waals surface area contributed by atoms with Crippen molar-refractivity contribution in [3.8, 4) is 0 Å². The smallest absolute Gasteiger partial charge is 0.409 e. The van der Waals surface area contributed by atoms with Crippen LogP contribution >= 0.6 is 15.9 Å². The lowest BCUT2D eigenvalue weighted by Crippen LogP contribution is -2.35. The van der Waals surface area contributed by atoms with Gasteiger partial charge in [0.15, 0.2) is 0 Å². The Morgan fingerprint density at radius 3 is 2.26 bits per heavy atom. The molecule has 0 fully saturated rings. The summed E-state index contributed by atoms with van der Waals surface area (Å²) in [6.07, 6.45) is -0.130. The van der Waals surface area contributed by atoms with Crippen LogP contribution in [0.5, 0.6) is 0 Å². The number of carbonyl (C=O) groups excluding carboxylic acids is 1. The molecule has 0 saturated carbocycles. The quantitative estimate of drug-likeness (QED) is 0.425. The highest BCUT2D eigenvalue weighted by Crippen LogP contribution is 2.24. The van der Waals surface area contributed by atoms with Crippen LogP contribution in [0.25, 0.3) is 0 Å². The number of ether oxygens (including phenoxy) is 1. The number of rotatable bonds is 7. The monoisotopic (exact) mass is 510 g/mol. The summed E-state index contributed by atoms with van der Waals surface area (Å²) in [6.45, 7) is 7.73. The number of methoxy groups -OCH3 is 1. The molecular formula is C23H28BrFN2O3S. The van der Waals surface area contributed by atoms with Crippen LogP contribution in [0.15, 0.2) is 57.4 Å². The molecule has 0 N–H and O–H groups in total. The summed E-state index contributed by atoms with van der Waals surface area (Å²) in [4.78, 5) is 14.1. The average Bonchev–Trinajstić information content (AvgIpc) is 2.72. The molecule has 0 saturated heterocycles. The van der Waals surface area contributed by atoms with Crippen molar-refractivity contribution in [3.05, 3.63) is 69.9 Å². The van der Waals surface area contributed by atoms with Crippen LogP contribution < -0.4 is 0 Å². The lowest BCUT2D eigenvalue weighted by atomic mass is 10.0. The standard InChI is InChI=1S/C23H28BrFN2O3S/c1-16(17-6-10-19(24)11-7-17)27(22(28)30-5)15-14-21(26-31(29)23(2,3)4)18-8-12-20(25)13-9-18/h6-13,16H,14-15H2,1-5H3/b26-21-/t16-,31-/m0/s1. The van der Waals surface area contributed by atoms with E-state index in [1.54, 1.807) is 17.0 Å². The molecule has 0 spiro atoms. The van der Waals surface area contributed by atoms with Gasteiger partial charge in [-0.2, -0.15) is 4.40 Å². The van der Waals surface area contributed by atoms with Crippen molar-refractivity contribution in [3.63, 3.8) is 0 Å². The first kappa shape index (κ1) is 25.2. The first-order valence-corrected chi connectivity index (χ1v) is 11.8. The molecule has 2 aromatic rings. The van der Waals surface area contributed by atoms with E-state index in [-0.39, 0.29) is 11.9 Å². The zero-order chi connectivity index (χ0) is 23.2. The Hall–Kier alpha value is -2.06. The summed E-state index contributed by atoms with van der Waals surface area (Å²) in [6, 6.07) is 13.4. The van der Waals surface area contributed by atoms with Crippen LogP contribution in [0.3, 0.4) is 0 Å². The minimum atomic E-state index is -1.50. The topological polar surface area (TPSA) is 59.0 Å². The van der Waals surface area contributed by atoms with Crippen LogP contribution in [-0.4, -0.2) is 39.3 Å². The van der Waals surface area contributed by atoms with Crippen LogP contribution in [0.1, 0.15) is 51.3 Å². The number of hydrogen-bond donors (Lipinski definition) is 0. The summed E-state index contributed by atoms with van der Waals surface area (Å²) in [5.41, 5.74) is 2.16. The van der Waals surface area contributed by atoms with Crippen LogP contribution in [-0.2, 0) is 15.7 Å². The second-order valence-electron chi connectivity index (χ2n) is 8.05. The molecular weight excluding hydrogens is 483 g/mol. The second-order valence-corrected chi connectivity index (χ2v) is 10.9. The Morgan fingerprint density at radius 1 is 1.16 bits per heavy atom. The number of benzene rings is 2. The van der Waals surface area contributed by atoms with E-state index in [9.17, 15) is 13.4 Å². The van der Waals surface area contributed by atoms with Crippen molar-refractivity contribution in [2.75, 3.05) is 13.7 Å². The molecule has 0 aromatic heterocycles. The van der Waals surface area contributed by atoms with E-state index in [0.29, 0.717) is 24.2 Å². The molecule has 0 bridgehead atoms. The third-order valence-corrected chi connectivity index (χ3v) is 6.68. The lowest BCUT2D eigenvalue weighted by molar-refractivity contribution is 0.109. The number of halogens is 2. The normalized spacial score (nSPS) is 14.1. The Bertz CT molecular complexity index is 941. The van der Waals surface area contributed by atoms with Crippen molar-refractivity contribution in [1.82, 2.24) is 4.90 Å². The number of nitrogens with zero attached hydrogens (tertiary/aromatic N) is 2. The molecule has 0 aliphatic rings. The van der Waals surface area contributed by atoms with E-state index >= 15 is 0 Å². The largest absolute Gasteiger partial charge is 0.453 e. The summed E-state index contributed by atoms with van der Waals surface area (Å²) in [5.74, 6) is -0.361. The van der Waals surface area contributed by atoms with Gasteiger partial charge in [-0.1, -0.05) is 40.2 Å². The molecule has 5 nitrogen and oxygen atoms in total. The van der Waals surface area contributed by atoms with Gasteiger partial charge in [-0.05, 0) is 63.1 Å². The molecule has 2 atom stereocenters. The zero-order valence-corrected chi connectivity index (χ0v) is 20.8. The van der Waals surface area contributed by atoms with Gasteiger partial charge in [0.05, 0.1) is 23.6 Å². The highest BCUT2D eigenvalue weighted by Gasteiger charge is 2.24. The third-order valence-electron chi connectivity index (χ3n) is 4.71. The van der Waals surface area contributed by atoms with Crippen molar-refractivity contribution < 1.29 is 18.1 Å². The molecule has 168 valence electrons. The van der Waals surface area contributed by atoms with Gasteiger partial charge in [0, 0.05) is 17.4 Å². The fourth-order valence-electron chi connectivity index (χ4n) is 2.83. The summed E-state index contributed by atoms with van der Waals surface area (Å²) >= 11 is 3.42. The lowest BCUT2D eigenvalue weighted by Gasteiger charge is -2.28. The number of carbonyl (C=O) groups is 1. The van der Waals surface area contributed by atoms with Gasteiger partial charge in [-0.15, -0.1) is 0 Å². The van der Waals surface area contributed by atoms with Crippen LogP contribution in [0, 0.1) is 5.82 Å². The highest BCUT2D eigenvalue weighted by atomic mass is 79.9. The molecule has 1 amide bonds. The van der Waals surface area contributed by atoms with Gasteiger partial charge in [0.25, 0.3) is 0 Å². The summed E-state index contributed by atoms with van der Waals surface area (Å²) in [7, 11) is -0.155. The first-order chi connectivity index (χ1) is 14.5. The minimum Gasteiger partial charge on any atom is -0.453 e. The Kier molecular flexibility index (Phi) is 8.94. The van der Waals surface area contributed by atoms with E-state index in [4.69, 9.17) is 4.74 Å². The molecule has 31 heavy (non-hydrogen) atoms. The fourth-order valence-corrected chi connectivity index (χ4v) is 3.76. The van der Waals surface area contributed by atoms with Gasteiger partial charge in [0.2, 0.25) is 0 Å². The van der Waals surface area contributed by atoms with E-state index < -0.39 is 21.8 Å². The molecule has 0 heterocycles. The van der Waals surface area contributed by atoms with Crippen LogP contribution in [0.4, 0.5) is 9.18 Å². The predicted octanol–water partition coefficient (Wildman–Crippen LogP) is 6.06. The Labute approximate surface area is 194 Å². The van der Waals surface area contributed by atoms with Gasteiger partial charge >= 0.3 is 6.09 Å². The van der Waals surface area contributed by atoms with Crippen molar-refractivity contribution in [2.45, 2.75) is 44.9 Å². The first-order valence-electron chi connectivity index (χ1n) is 9.88. The maximum absolute atomic E-state index is 13.4. The zero-order valence-electron chi connectivity index (χ0n) is 18.4. The predicted molar refractivity (Wildman–Crippen MR) is 127 cm³/mol. The second kappa shape index (κ2) is 11.0. The molecule has 2 aromatic carbocycles. The SMILES string of the molecule is COC(=O)N(CC/C(=N/[S@@](=O)C(C)(C)C)c1ccc(F)cc1)[C@@H](C)c1ccc(Br)cc1. The van der Waals surface area contributed by atoms with Crippen molar-refractivity contribution in [2.24, 2.45) is 4.40 Å². The van der Waals surface area contributed by atoms with Crippen molar-refractivity contribution >= 4 is 38.7 Å². The maximum Gasteiger partial charge on any atom is 0.409 e. The average molecular weight is 511 g/mol. The van der Waals surface area contributed by atoms with Gasteiger partial charge in [-0.25, -0.2) is 13.4 Å². The molecule has 8 heteroatoms. The summed E-state index contributed by atoms with van der Waals surface area (Å²) < 4.78 is 35.9. The molecule has 0 aliphatic carbocycles. The Morgan fingerprint density at radius 2 is 1.74 bits per heavy atom. The number of amides is 1. The fraction of sp³-hybridized carbons (Fsp3) is 0.391. The van der Waals surface area contributed by atoms with Gasteiger partial charge in [0.1, 0.15) is 16.8 Å². The minimum absolute atomic E-state index is 0.247. The molecule has 0 unspecified atom stereocenters. The van der Waals surface area contributed by atoms with E-state index in [1.807, 2.05) is 52.0 Å². The van der Waals surface area contributed by atoms with E-state index in [0.717, 1.165) is 10.0 Å². The number of hydrogen-bond acceptors (Lipinski definition) is 3.